The monoisotopic (exact) mass is 584 g/mol. The van der Waals surface area contributed by atoms with Gasteiger partial charge in [-0.05, 0) is 41.1 Å². The molecule has 43 heavy (non-hydrogen) atoms. The van der Waals surface area contributed by atoms with Crippen LogP contribution in [0, 0.1) is 0 Å². The molecule has 0 radical (unpaired) electrons. The van der Waals surface area contributed by atoms with Crippen LogP contribution in [-0.2, 0) is 0 Å². The van der Waals surface area contributed by atoms with Crippen LogP contribution in [0.25, 0.3) is 90.3 Å². The summed E-state index contributed by atoms with van der Waals surface area (Å²) in [5.41, 5.74) is 5.13. The van der Waals surface area contributed by atoms with Crippen molar-refractivity contribution in [3.63, 3.8) is 0 Å². The molecule has 5 heterocycles. The Kier molecular flexibility index (Phi) is 4.72. The number of thiophene rings is 2. The molecule has 200 valence electrons. The van der Waals surface area contributed by atoms with E-state index in [0.717, 1.165) is 37.9 Å². The van der Waals surface area contributed by atoms with Gasteiger partial charge in [0, 0.05) is 54.3 Å². The average Bonchev–Trinajstić information content (AvgIpc) is 3.75. The molecule has 0 saturated heterocycles. The predicted octanol–water partition coefficient (Wildman–Crippen LogP) is 10.5. The van der Waals surface area contributed by atoms with E-state index in [1.165, 1.54) is 46.4 Å². The maximum atomic E-state index is 5.38. The molecule has 0 fully saturated rings. The number of hydrogen-bond acceptors (Lipinski definition) is 5. The number of nitrogens with zero attached hydrogens (tertiary/aromatic N) is 4. The van der Waals surface area contributed by atoms with Crippen molar-refractivity contribution in [3.05, 3.63) is 122 Å². The fourth-order valence-electron chi connectivity index (χ4n) is 6.71. The molecule has 10 rings (SSSR count). The summed E-state index contributed by atoms with van der Waals surface area (Å²) >= 11 is 3.60. The smallest absolute Gasteiger partial charge is 0.235 e. The van der Waals surface area contributed by atoms with Crippen LogP contribution < -0.4 is 0 Å². The molecule has 5 aromatic carbocycles. The number of hydrogen-bond donors (Lipinski definition) is 0. The van der Waals surface area contributed by atoms with Crippen LogP contribution in [0.5, 0.6) is 0 Å². The Morgan fingerprint density at radius 1 is 0.535 bits per heavy atom. The van der Waals surface area contributed by atoms with E-state index in [-0.39, 0.29) is 0 Å². The third kappa shape index (κ3) is 3.16. The van der Waals surface area contributed by atoms with Crippen molar-refractivity contribution in [2.75, 3.05) is 0 Å². The van der Waals surface area contributed by atoms with Gasteiger partial charge in [0.2, 0.25) is 5.95 Å². The first-order valence-corrected chi connectivity index (χ1v) is 15.8. The second kappa shape index (κ2) is 8.67. The van der Waals surface area contributed by atoms with Crippen LogP contribution in [0.2, 0.25) is 0 Å². The maximum Gasteiger partial charge on any atom is 0.235 e. The molecule has 0 spiro atoms. The lowest BCUT2D eigenvalue weighted by Gasteiger charge is -2.11. The van der Waals surface area contributed by atoms with Crippen molar-refractivity contribution in [2.24, 2.45) is 0 Å². The molecule has 4 nitrogen and oxygen atoms in total. The summed E-state index contributed by atoms with van der Waals surface area (Å²) in [5.74, 6) is 0.676. The first-order valence-electron chi connectivity index (χ1n) is 14.2. The molecule has 10 aromatic rings. The lowest BCUT2D eigenvalue weighted by atomic mass is 9.99. The summed E-state index contributed by atoms with van der Waals surface area (Å²) < 4.78 is 7.13. The first kappa shape index (κ1) is 23.4. The molecule has 0 bridgehead atoms. The summed E-state index contributed by atoms with van der Waals surface area (Å²) in [5, 5.41) is 8.70. The van der Waals surface area contributed by atoms with Crippen molar-refractivity contribution in [1.29, 1.82) is 0 Å². The van der Waals surface area contributed by atoms with Crippen LogP contribution in [0.4, 0.5) is 0 Å². The van der Waals surface area contributed by atoms with Crippen LogP contribution in [0.1, 0.15) is 0 Å². The minimum atomic E-state index is 0.676. The predicted molar refractivity (Wildman–Crippen MR) is 183 cm³/mol. The fraction of sp³-hybridized carbons (Fsp3) is 0. The van der Waals surface area contributed by atoms with Crippen LogP contribution in [0.3, 0.4) is 0 Å². The van der Waals surface area contributed by atoms with Gasteiger partial charge in [0.15, 0.2) is 0 Å². The molecule has 0 atom stereocenters. The van der Waals surface area contributed by atoms with Crippen molar-refractivity contribution in [1.82, 2.24) is 19.5 Å². The molecule has 0 N–H and O–H groups in total. The average molecular weight is 585 g/mol. The van der Waals surface area contributed by atoms with Crippen molar-refractivity contribution in [3.8, 4) is 17.2 Å². The first-order chi connectivity index (χ1) is 21.3. The molecule has 6 heteroatoms. The van der Waals surface area contributed by atoms with E-state index in [0.29, 0.717) is 5.95 Å². The summed E-state index contributed by atoms with van der Waals surface area (Å²) in [6, 6.07) is 38.8. The number of pyridine rings is 1. The van der Waals surface area contributed by atoms with Crippen LogP contribution >= 0.6 is 22.7 Å². The minimum absolute atomic E-state index is 0.676. The molecular weight excluding hydrogens is 565 g/mol. The number of aromatic nitrogens is 4. The van der Waals surface area contributed by atoms with Gasteiger partial charge in [0.05, 0.1) is 31.6 Å². The third-order valence-electron chi connectivity index (χ3n) is 8.49. The second-order valence-corrected chi connectivity index (χ2v) is 12.9. The quantitative estimate of drug-likeness (QED) is 0.203. The highest BCUT2D eigenvalue weighted by Crippen LogP contribution is 2.48. The molecule has 0 amide bonds. The topological polar surface area (TPSA) is 43.6 Å². The van der Waals surface area contributed by atoms with E-state index in [9.17, 15) is 0 Å². The van der Waals surface area contributed by atoms with Crippen molar-refractivity contribution < 1.29 is 0 Å². The van der Waals surface area contributed by atoms with E-state index in [2.05, 4.69) is 113 Å². The van der Waals surface area contributed by atoms with E-state index < -0.39 is 0 Å². The van der Waals surface area contributed by atoms with Gasteiger partial charge < -0.3 is 0 Å². The Morgan fingerprint density at radius 3 is 1.98 bits per heavy atom. The van der Waals surface area contributed by atoms with Gasteiger partial charge in [-0.25, -0.2) is 9.97 Å². The molecule has 5 aromatic heterocycles. The lowest BCUT2D eigenvalue weighted by molar-refractivity contribution is 1.02. The Labute approximate surface area is 253 Å². The highest BCUT2D eigenvalue weighted by atomic mass is 32.1. The molecular formula is C37H20N4S2. The van der Waals surface area contributed by atoms with E-state index >= 15 is 0 Å². The highest BCUT2D eigenvalue weighted by molar-refractivity contribution is 7.27. The second-order valence-electron chi connectivity index (χ2n) is 10.8. The Hall–Kier alpha value is -5.17. The van der Waals surface area contributed by atoms with Crippen molar-refractivity contribution >= 4 is 95.7 Å². The van der Waals surface area contributed by atoms with E-state index in [4.69, 9.17) is 9.97 Å². The zero-order chi connectivity index (χ0) is 28.1. The van der Waals surface area contributed by atoms with Gasteiger partial charge in [-0.3, -0.25) is 9.55 Å². The minimum Gasteiger partial charge on any atom is -0.276 e. The summed E-state index contributed by atoms with van der Waals surface area (Å²) in [6.45, 7) is 0. The Balaban J connectivity index is 1.46. The summed E-state index contributed by atoms with van der Waals surface area (Å²) in [7, 11) is 0. The van der Waals surface area contributed by atoms with Crippen LogP contribution in [-0.4, -0.2) is 19.5 Å². The van der Waals surface area contributed by atoms with Crippen molar-refractivity contribution in [2.45, 2.75) is 0 Å². The zero-order valence-corrected chi connectivity index (χ0v) is 24.3. The maximum absolute atomic E-state index is 5.38. The zero-order valence-electron chi connectivity index (χ0n) is 22.7. The molecule has 0 saturated carbocycles. The van der Waals surface area contributed by atoms with Gasteiger partial charge in [0.25, 0.3) is 0 Å². The van der Waals surface area contributed by atoms with E-state index in [1.54, 1.807) is 11.3 Å². The third-order valence-corrected chi connectivity index (χ3v) is 10.8. The van der Waals surface area contributed by atoms with Crippen LogP contribution in [0.15, 0.2) is 122 Å². The largest absolute Gasteiger partial charge is 0.276 e. The molecule has 0 aliphatic carbocycles. The Morgan fingerprint density at radius 2 is 1.19 bits per heavy atom. The van der Waals surface area contributed by atoms with Gasteiger partial charge in [-0.15, -0.1) is 22.7 Å². The van der Waals surface area contributed by atoms with Gasteiger partial charge in [0.1, 0.15) is 0 Å². The molecule has 0 aliphatic rings. The normalized spacial score (nSPS) is 12.2. The highest BCUT2D eigenvalue weighted by Gasteiger charge is 2.24. The lowest BCUT2D eigenvalue weighted by Crippen LogP contribution is -2.03. The standard InChI is InChI=1S/C37H20N4S2/c1-2-12-23-22(11-1)30-24-13-3-6-16-27(24)41(34(30)35-31(23)25-14-4-7-17-28(25)42-35)37-39-32(21-10-9-19-38-20-21)36-33(40-37)26-15-5-8-18-29(26)43-36/h1-20H. The van der Waals surface area contributed by atoms with Gasteiger partial charge in [-0.1, -0.05) is 78.9 Å². The number of para-hydroxylation sites is 1. The number of benzene rings is 5. The molecule has 0 aliphatic heterocycles. The van der Waals surface area contributed by atoms with Gasteiger partial charge >= 0.3 is 0 Å². The van der Waals surface area contributed by atoms with Gasteiger partial charge in [-0.2, -0.15) is 0 Å². The Bertz CT molecular complexity index is 2730. The van der Waals surface area contributed by atoms with E-state index in [1.807, 2.05) is 29.8 Å². The molecule has 0 unspecified atom stereocenters. The fourth-order valence-corrected chi connectivity index (χ4v) is 9.12. The SMILES string of the molecule is c1cncc(-c2nc(-n3c4ccccc4c4c5ccccc5c5c6ccccc6sc5c43)nc3c2sc2ccccc23)c1. The summed E-state index contributed by atoms with van der Waals surface area (Å²) in [4.78, 5) is 15.2. The summed E-state index contributed by atoms with van der Waals surface area (Å²) in [6.07, 6.45) is 3.71. The number of rotatable bonds is 2. The number of fused-ring (bicyclic) bond motifs is 13.